The molecule has 2 aromatic rings. The molecule has 0 N–H and O–H groups in total. The number of anilines is 1. The smallest absolute Gasteiger partial charge is 0.238 e. The van der Waals surface area contributed by atoms with Gasteiger partial charge in [0.2, 0.25) is 11.8 Å². The molecule has 1 aromatic heterocycles. The summed E-state index contributed by atoms with van der Waals surface area (Å²) >= 11 is 0. The van der Waals surface area contributed by atoms with Crippen LogP contribution in [0, 0.1) is 37.5 Å². The summed E-state index contributed by atoms with van der Waals surface area (Å²) in [4.78, 5) is 27.6. The molecule has 5 rings (SSSR count). The lowest BCUT2D eigenvalue weighted by Crippen LogP contribution is -2.33. The van der Waals surface area contributed by atoms with Crippen molar-refractivity contribution in [3.8, 4) is 0 Å². The van der Waals surface area contributed by atoms with Crippen molar-refractivity contribution in [2.75, 3.05) is 4.90 Å². The van der Waals surface area contributed by atoms with E-state index in [1.807, 2.05) is 36.7 Å². The molecule has 2 amide bonds. The van der Waals surface area contributed by atoms with Crippen molar-refractivity contribution in [2.45, 2.75) is 26.8 Å². The minimum Gasteiger partial charge on any atom is -0.274 e. The maximum Gasteiger partial charge on any atom is 0.238 e. The Bertz CT molecular complexity index is 914. The normalized spacial score (nSPS) is 29.1. The van der Waals surface area contributed by atoms with Crippen LogP contribution in [-0.2, 0) is 16.1 Å². The predicted molar refractivity (Wildman–Crippen MR) is 97.5 cm³/mol. The first-order chi connectivity index (χ1) is 12.6. The van der Waals surface area contributed by atoms with Crippen molar-refractivity contribution in [2.24, 2.45) is 23.7 Å². The van der Waals surface area contributed by atoms with Gasteiger partial charge in [-0.2, -0.15) is 5.10 Å². The quantitative estimate of drug-likeness (QED) is 0.634. The van der Waals surface area contributed by atoms with Gasteiger partial charge in [-0.3, -0.25) is 14.3 Å². The Balaban J connectivity index is 1.51. The number of amides is 2. The van der Waals surface area contributed by atoms with Crippen molar-refractivity contribution in [1.29, 1.82) is 0 Å². The first-order valence-corrected chi connectivity index (χ1v) is 9.20. The number of nitrogens with zero attached hydrogens (tertiary/aromatic N) is 3. The number of carbonyl (C=O) groups is 2. The third-order valence-electron chi connectivity index (χ3n) is 6.21. The zero-order valence-corrected chi connectivity index (χ0v) is 14.9. The molecule has 3 aliphatic rings. The number of allylic oxidation sites excluding steroid dienone is 2. The second-order valence-electron chi connectivity index (χ2n) is 7.67. The van der Waals surface area contributed by atoms with E-state index in [0.717, 1.165) is 23.4 Å². The van der Waals surface area contributed by atoms with E-state index >= 15 is 0 Å². The molecular weight excluding hydrogens is 326 g/mol. The van der Waals surface area contributed by atoms with Gasteiger partial charge >= 0.3 is 0 Å². The van der Waals surface area contributed by atoms with E-state index in [-0.39, 0.29) is 35.5 Å². The molecule has 1 saturated heterocycles. The zero-order chi connectivity index (χ0) is 18.0. The Hall–Kier alpha value is -2.69. The predicted octanol–water partition coefficient (Wildman–Crippen LogP) is 2.86. The van der Waals surface area contributed by atoms with Crippen LogP contribution in [0.25, 0.3) is 0 Å². The maximum atomic E-state index is 13.1. The molecule has 2 aliphatic carbocycles. The second kappa shape index (κ2) is 5.40. The SMILES string of the molecule is Cc1nn(Cc2ccccc2)c(C)c1N1C(=O)[C@@H]2[C@H](C1=O)[C@H]1C=C[C@H]2C1. The largest absolute Gasteiger partial charge is 0.274 e. The van der Waals surface area contributed by atoms with Crippen LogP contribution in [0.4, 0.5) is 5.69 Å². The van der Waals surface area contributed by atoms with Crippen LogP contribution in [-0.4, -0.2) is 21.6 Å². The Morgan fingerprint density at radius 3 is 2.23 bits per heavy atom. The van der Waals surface area contributed by atoms with Gasteiger partial charge in [-0.05, 0) is 37.7 Å². The van der Waals surface area contributed by atoms with Crippen LogP contribution in [0.5, 0.6) is 0 Å². The molecule has 26 heavy (non-hydrogen) atoms. The molecule has 1 saturated carbocycles. The van der Waals surface area contributed by atoms with E-state index in [0.29, 0.717) is 12.2 Å². The summed E-state index contributed by atoms with van der Waals surface area (Å²) in [6.07, 6.45) is 5.20. The molecule has 5 nitrogen and oxygen atoms in total. The van der Waals surface area contributed by atoms with Gasteiger partial charge in [0.05, 0.1) is 35.5 Å². The summed E-state index contributed by atoms with van der Waals surface area (Å²) in [6, 6.07) is 10.1. The number of benzene rings is 1. The van der Waals surface area contributed by atoms with Gasteiger partial charge in [0.1, 0.15) is 0 Å². The van der Waals surface area contributed by atoms with Crippen LogP contribution in [0.2, 0.25) is 0 Å². The van der Waals surface area contributed by atoms with Gasteiger partial charge in [0, 0.05) is 0 Å². The van der Waals surface area contributed by atoms with E-state index in [1.54, 1.807) is 0 Å². The van der Waals surface area contributed by atoms with Gasteiger partial charge in [-0.1, -0.05) is 42.5 Å². The van der Waals surface area contributed by atoms with E-state index in [4.69, 9.17) is 0 Å². The van der Waals surface area contributed by atoms with Crippen LogP contribution in [0.3, 0.4) is 0 Å². The Morgan fingerprint density at radius 2 is 1.62 bits per heavy atom. The van der Waals surface area contributed by atoms with Crippen molar-refractivity contribution < 1.29 is 9.59 Å². The lowest BCUT2D eigenvalue weighted by Gasteiger charge is -2.17. The van der Waals surface area contributed by atoms with Crippen LogP contribution in [0.1, 0.15) is 23.4 Å². The van der Waals surface area contributed by atoms with E-state index in [2.05, 4.69) is 29.4 Å². The third kappa shape index (κ3) is 2.00. The number of imide groups is 1. The molecule has 2 heterocycles. The lowest BCUT2D eigenvalue weighted by atomic mass is 9.85. The molecule has 2 fully saturated rings. The lowest BCUT2D eigenvalue weighted by molar-refractivity contribution is -0.123. The van der Waals surface area contributed by atoms with E-state index in [9.17, 15) is 9.59 Å². The maximum absolute atomic E-state index is 13.1. The zero-order valence-electron chi connectivity index (χ0n) is 14.9. The highest BCUT2D eigenvalue weighted by atomic mass is 16.2. The van der Waals surface area contributed by atoms with E-state index < -0.39 is 0 Å². The Kier molecular flexibility index (Phi) is 3.23. The van der Waals surface area contributed by atoms with Gasteiger partial charge in [-0.15, -0.1) is 0 Å². The molecule has 2 bridgehead atoms. The number of hydrogen-bond donors (Lipinski definition) is 0. The fourth-order valence-corrected chi connectivity index (χ4v) is 5.04. The molecule has 0 radical (unpaired) electrons. The van der Waals surface area contributed by atoms with Gasteiger partial charge in [0.15, 0.2) is 0 Å². The second-order valence-corrected chi connectivity index (χ2v) is 7.67. The van der Waals surface area contributed by atoms with Crippen molar-refractivity contribution in [3.05, 3.63) is 59.4 Å². The van der Waals surface area contributed by atoms with Crippen LogP contribution in [0.15, 0.2) is 42.5 Å². The summed E-state index contributed by atoms with van der Waals surface area (Å²) in [6.45, 7) is 4.45. The molecule has 132 valence electrons. The third-order valence-corrected chi connectivity index (χ3v) is 6.21. The van der Waals surface area contributed by atoms with Gasteiger partial charge in [0.25, 0.3) is 0 Å². The van der Waals surface area contributed by atoms with Crippen molar-refractivity contribution in [3.63, 3.8) is 0 Å². The summed E-state index contributed by atoms with van der Waals surface area (Å²) < 4.78 is 1.89. The number of fused-ring (bicyclic) bond motifs is 5. The molecule has 0 unspecified atom stereocenters. The standard InChI is InChI=1S/C21H21N3O2/c1-12-19(13(2)23(22-12)11-14-6-4-3-5-7-14)24-20(25)17-15-8-9-16(10-15)18(17)21(24)26/h3-9,15-18H,10-11H2,1-2H3/t15-,16-,17-,18+/m0/s1. The summed E-state index contributed by atoms with van der Waals surface area (Å²) in [5.74, 6) is 0.0324. The average molecular weight is 347 g/mol. The fourth-order valence-electron chi connectivity index (χ4n) is 5.04. The van der Waals surface area contributed by atoms with Crippen molar-refractivity contribution in [1.82, 2.24) is 9.78 Å². The van der Waals surface area contributed by atoms with Gasteiger partial charge < -0.3 is 0 Å². The summed E-state index contributed by atoms with van der Waals surface area (Å²) in [5.41, 5.74) is 3.43. The highest BCUT2D eigenvalue weighted by Crippen LogP contribution is 2.53. The first kappa shape index (κ1) is 15.6. The topological polar surface area (TPSA) is 55.2 Å². The van der Waals surface area contributed by atoms with Crippen molar-refractivity contribution >= 4 is 17.5 Å². The minimum absolute atomic E-state index is 0.0395. The van der Waals surface area contributed by atoms with Gasteiger partial charge in [-0.25, -0.2) is 4.90 Å². The minimum atomic E-state index is -0.172. The first-order valence-electron chi connectivity index (χ1n) is 9.20. The fraction of sp³-hybridized carbons (Fsp3) is 0.381. The molecular formula is C21H21N3O2. The molecule has 5 heteroatoms. The molecule has 1 aromatic carbocycles. The number of aromatic nitrogens is 2. The Morgan fingerprint density at radius 1 is 1.00 bits per heavy atom. The molecule has 1 aliphatic heterocycles. The van der Waals surface area contributed by atoms with Crippen LogP contribution < -0.4 is 4.90 Å². The number of aryl methyl sites for hydroxylation is 1. The molecule has 4 atom stereocenters. The Labute approximate surface area is 152 Å². The number of carbonyl (C=O) groups excluding carboxylic acids is 2. The summed E-state index contributed by atoms with van der Waals surface area (Å²) in [7, 11) is 0. The van der Waals surface area contributed by atoms with Crippen LogP contribution >= 0.6 is 0 Å². The average Bonchev–Trinajstić information content (AvgIpc) is 3.36. The number of hydrogen-bond acceptors (Lipinski definition) is 3. The molecule has 0 spiro atoms. The summed E-state index contributed by atoms with van der Waals surface area (Å²) in [5, 5.41) is 4.62. The number of rotatable bonds is 3. The van der Waals surface area contributed by atoms with E-state index in [1.165, 1.54) is 4.90 Å². The highest BCUT2D eigenvalue weighted by molar-refractivity contribution is 6.23. The monoisotopic (exact) mass is 347 g/mol. The highest BCUT2D eigenvalue weighted by Gasteiger charge is 2.60.